The Morgan fingerprint density at radius 1 is 1.11 bits per heavy atom. The van der Waals surface area contributed by atoms with Gasteiger partial charge in [-0.25, -0.2) is 9.78 Å². The number of carbonyl (C=O) groups is 2. The average molecular weight is 389 g/mol. The van der Waals surface area contributed by atoms with Gasteiger partial charge in [-0.3, -0.25) is 4.79 Å². The molecular formula is C19H21ClN4O3. The van der Waals surface area contributed by atoms with Crippen molar-refractivity contribution in [1.29, 1.82) is 0 Å². The lowest BCUT2D eigenvalue weighted by Gasteiger charge is -2.34. The van der Waals surface area contributed by atoms with Crippen molar-refractivity contribution in [3.63, 3.8) is 0 Å². The molecule has 2 aromatic rings. The van der Waals surface area contributed by atoms with Gasteiger partial charge in [-0.1, -0.05) is 23.7 Å². The van der Waals surface area contributed by atoms with Crippen molar-refractivity contribution in [3.05, 3.63) is 53.2 Å². The fourth-order valence-electron chi connectivity index (χ4n) is 2.78. The summed E-state index contributed by atoms with van der Waals surface area (Å²) < 4.78 is 4.99. The molecule has 2 amide bonds. The van der Waals surface area contributed by atoms with Crippen LogP contribution in [-0.2, 0) is 4.74 Å². The smallest absolute Gasteiger partial charge is 0.409 e. The molecule has 0 atom stereocenters. The molecule has 1 fully saturated rings. The van der Waals surface area contributed by atoms with Crippen molar-refractivity contribution in [2.45, 2.75) is 6.92 Å². The lowest BCUT2D eigenvalue weighted by atomic mass is 10.2. The molecule has 0 unspecified atom stereocenters. The first-order valence-corrected chi connectivity index (χ1v) is 9.15. The van der Waals surface area contributed by atoms with E-state index in [9.17, 15) is 9.59 Å². The Labute approximate surface area is 162 Å². The van der Waals surface area contributed by atoms with Crippen LogP contribution < -0.4 is 5.32 Å². The number of pyridine rings is 1. The number of hydrogen-bond donors (Lipinski definition) is 1. The summed E-state index contributed by atoms with van der Waals surface area (Å²) in [6.45, 7) is 3.98. The lowest BCUT2D eigenvalue weighted by molar-refractivity contribution is 0.0570. The van der Waals surface area contributed by atoms with Crippen LogP contribution in [0, 0.1) is 0 Å². The van der Waals surface area contributed by atoms with Gasteiger partial charge in [0.15, 0.2) is 0 Å². The highest BCUT2D eigenvalue weighted by Crippen LogP contribution is 2.24. The molecule has 1 aromatic heterocycles. The highest BCUT2D eigenvalue weighted by atomic mass is 35.5. The van der Waals surface area contributed by atoms with Gasteiger partial charge in [0.25, 0.3) is 5.91 Å². The molecule has 3 rings (SSSR count). The normalized spacial score (nSPS) is 14.0. The summed E-state index contributed by atoms with van der Waals surface area (Å²) in [7, 11) is 0. The molecule has 1 N–H and O–H groups in total. The van der Waals surface area contributed by atoms with Gasteiger partial charge in [0.2, 0.25) is 0 Å². The molecule has 2 heterocycles. The van der Waals surface area contributed by atoms with Crippen LogP contribution >= 0.6 is 11.6 Å². The molecule has 1 aromatic carbocycles. The minimum Gasteiger partial charge on any atom is -0.450 e. The van der Waals surface area contributed by atoms with E-state index < -0.39 is 0 Å². The molecule has 0 spiro atoms. The summed E-state index contributed by atoms with van der Waals surface area (Å²) in [5.41, 5.74) is 1.25. The number of para-hydroxylation sites is 1. The molecule has 0 radical (unpaired) electrons. The zero-order valence-corrected chi connectivity index (χ0v) is 15.8. The first kappa shape index (κ1) is 19.0. The second-order valence-corrected chi connectivity index (χ2v) is 6.42. The molecule has 0 bridgehead atoms. The number of rotatable bonds is 4. The molecule has 0 saturated carbocycles. The minimum absolute atomic E-state index is 0.102. The van der Waals surface area contributed by atoms with E-state index in [-0.39, 0.29) is 12.0 Å². The van der Waals surface area contributed by atoms with Crippen LogP contribution in [0.15, 0.2) is 42.6 Å². The summed E-state index contributed by atoms with van der Waals surface area (Å²) in [6, 6.07) is 10.8. The average Bonchev–Trinajstić information content (AvgIpc) is 2.70. The monoisotopic (exact) mass is 388 g/mol. The lowest BCUT2D eigenvalue weighted by Crippen LogP contribution is -2.50. The van der Waals surface area contributed by atoms with Crippen molar-refractivity contribution in [3.8, 4) is 0 Å². The Morgan fingerprint density at radius 2 is 1.81 bits per heavy atom. The van der Waals surface area contributed by atoms with E-state index in [4.69, 9.17) is 16.3 Å². The molecule has 0 aliphatic carbocycles. The van der Waals surface area contributed by atoms with Crippen molar-refractivity contribution in [2.75, 3.05) is 38.1 Å². The molecular weight excluding hydrogens is 368 g/mol. The minimum atomic E-state index is -0.332. The quantitative estimate of drug-likeness (QED) is 0.868. The topological polar surface area (TPSA) is 74.8 Å². The van der Waals surface area contributed by atoms with Crippen LogP contribution in [0.1, 0.15) is 17.3 Å². The molecule has 7 nitrogen and oxygen atoms in total. The first-order valence-electron chi connectivity index (χ1n) is 8.77. The van der Waals surface area contributed by atoms with E-state index >= 15 is 0 Å². The van der Waals surface area contributed by atoms with Gasteiger partial charge >= 0.3 is 6.09 Å². The fourth-order valence-corrected chi connectivity index (χ4v) is 2.97. The number of amides is 2. The van der Waals surface area contributed by atoms with Crippen molar-refractivity contribution >= 4 is 35.1 Å². The number of aromatic nitrogens is 1. The number of anilines is 2. The first-order chi connectivity index (χ1) is 13.1. The van der Waals surface area contributed by atoms with Crippen LogP contribution in [0.3, 0.4) is 0 Å². The van der Waals surface area contributed by atoms with Crippen molar-refractivity contribution in [1.82, 2.24) is 14.8 Å². The largest absolute Gasteiger partial charge is 0.450 e. The van der Waals surface area contributed by atoms with E-state index in [0.29, 0.717) is 49.2 Å². The molecule has 8 heteroatoms. The number of piperazine rings is 1. The Morgan fingerprint density at radius 3 is 2.44 bits per heavy atom. The predicted molar refractivity (Wildman–Crippen MR) is 103 cm³/mol. The van der Waals surface area contributed by atoms with Crippen molar-refractivity contribution in [2.24, 2.45) is 0 Å². The zero-order chi connectivity index (χ0) is 19.2. The Kier molecular flexibility index (Phi) is 6.13. The van der Waals surface area contributed by atoms with Gasteiger partial charge in [-0.2, -0.15) is 0 Å². The molecule has 27 heavy (non-hydrogen) atoms. The third kappa shape index (κ3) is 4.68. The van der Waals surface area contributed by atoms with Gasteiger partial charge in [0.1, 0.15) is 5.82 Å². The highest BCUT2D eigenvalue weighted by molar-refractivity contribution is 6.33. The molecule has 142 valence electrons. The van der Waals surface area contributed by atoms with Gasteiger partial charge < -0.3 is 19.9 Å². The Bertz CT molecular complexity index is 805. The maximum absolute atomic E-state index is 12.6. The van der Waals surface area contributed by atoms with Crippen molar-refractivity contribution < 1.29 is 14.3 Å². The van der Waals surface area contributed by atoms with E-state index in [1.807, 2.05) is 18.2 Å². The van der Waals surface area contributed by atoms with Crippen LogP contribution in [0.4, 0.5) is 16.3 Å². The van der Waals surface area contributed by atoms with Gasteiger partial charge in [0.05, 0.1) is 22.9 Å². The summed E-state index contributed by atoms with van der Waals surface area (Å²) in [6.07, 6.45) is 1.21. The number of benzene rings is 1. The Hall–Kier alpha value is -2.80. The second kappa shape index (κ2) is 8.73. The maximum atomic E-state index is 12.6. The van der Waals surface area contributed by atoms with Gasteiger partial charge in [0, 0.05) is 32.4 Å². The molecule has 1 aliphatic rings. The predicted octanol–water partition coefficient (Wildman–Crippen LogP) is 3.39. The summed E-state index contributed by atoms with van der Waals surface area (Å²) in [5, 5.41) is 3.72. The maximum Gasteiger partial charge on any atom is 0.409 e. The van der Waals surface area contributed by atoms with Crippen LogP contribution in [0.2, 0.25) is 5.02 Å². The standard InChI is InChI=1S/C19H21ClN4O3/c1-2-27-19(26)24-11-9-23(10-12-24)18(25)14-7-8-17(21-13-14)22-16-6-4-3-5-15(16)20/h3-8,13H,2,9-12H2,1H3,(H,21,22). The number of nitrogens with one attached hydrogen (secondary N) is 1. The Balaban J connectivity index is 1.58. The number of hydrogen-bond acceptors (Lipinski definition) is 5. The SMILES string of the molecule is CCOC(=O)N1CCN(C(=O)c2ccc(Nc3ccccc3Cl)nc2)CC1. The van der Waals surface area contributed by atoms with E-state index in [1.165, 1.54) is 0 Å². The van der Waals surface area contributed by atoms with Crippen LogP contribution in [-0.4, -0.2) is 59.6 Å². The van der Waals surface area contributed by atoms with Gasteiger partial charge in [-0.05, 0) is 31.2 Å². The van der Waals surface area contributed by atoms with E-state index in [2.05, 4.69) is 10.3 Å². The van der Waals surface area contributed by atoms with E-state index in [1.54, 1.807) is 41.1 Å². The number of carbonyl (C=O) groups excluding carboxylic acids is 2. The van der Waals surface area contributed by atoms with Crippen LogP contribution in [0.25, 0.3) is 0 Å². The number of ether oxygens (including phenoxy) is 1. The summed E-state index contributed by atoms with van der Waals surface area (Å²) >= 11 is 6.12. The third-order valence-electron chi connectivity index (χ3n) is 4.24. The van der Waals surface area contributed by atoms with Gasteiger partial charge in [-0.15, -0.1) is 0 Å². The third-order valence-corrected chi connectivity index (χ3v) is 4.57. The zero-order valence-electron chi connectivity index (χ0n) is 15.0. The molecule has 1 aliphatic heterocycles. The summed E-state index contributed by atoms with van der Waals surface area (Å²) in [4.78, 5) is 32.0. The number of nitrogens with zero attached hydrogens (tertiary/aromatic N) is 3. The van der Waals surface area contributed by atoms with E-state index in [0.717, 1.165) is 5.69 Å². The number of halogens is 1. The highest BCUT2D eigenvalue weighted by Gasteiger charge is 2.25. The van der Waals surface area contributed by atoms with Crippen LogP contribution in [0.5, 0.6) is 0 Å². The molecule has 1 saturated heterocycles. The fraction of sp³-hybridized carbons (Fsp3) is 0.316. The summed E-state index contributed by atoms with van der Waals surface area (Å²) in [5.74, 6) is 0.502. The second-order valence-electron chi connectivity index (χ2n) is 6.02.